The second kappa shape index (κ2) is 3.55. The first-order valence-corrected chi connectivity index (χ1v) is 5.69. The molecule has 0 aromatic heterocycles. The van der Waals surface area contributed by atoms with Crippen LogP contribution in [0.5, 0.6) is 0 Å². The zero-order valence-corrected chi connectivity index (χ0v) is 10.8. The summed E-state index contributed by atoms with van der Waals surface area (Å²) in [6.45, 7) is 6.58. The van der Waals surface area contributed by atoms with Gasteiger partial charge in [-0.05, 0) is 32.4 Å². The number of nitrogens with zero attached hydrogens (tertiary/aromatic N) is 1. The number of hydrogen-bond donors (Lipinski definition) is 1. The molecule has 1 N–H and O–H groups in total. The van der Waals surface area contributed by atoms with E-state index in [-0.39, 0.29) is 5.54 Å². The zero-order valence-electron chi connectivity index (χ0n) is 10.8. The Kier molecular flexibility index (Phi) is 2.45. The van der Waals surface area contributed by atoms with Crippen LogP contribution in [0.3, 0.4) is 0 Å². The van der Waals surface area contributed by atoms with Crippen molar-refractivity contribution < 1.29 is 0 Å². The van der Waals surface area contributed by atoms with Gasteiger partial charge in [-0.15, -0.1) is 0 Å². The number of nitrogens with one attached hydrogen (secondary N) is 1. The molecule has 0 aliphatic carbocycles. The molecule has 2 rings (SSSR count). The standard InChI is InChI=1S/C14H20N2/c1-10-9-14(2,3)15-13-11(10)7-6-8-12(13)16(4)5/h6-9,15H,1-5H3. The number of para-hydroxylation sites is 1. The molecular weight excluding hydrogens is 196 g/mol. The maximum Gasteiger partial charge on any atom is 0.0660 e. The minimum absolute atomic E-state index is 0.0309. The van der Waals surface area contributed by atoms with Crippen molar-refractivity contribution >= 4 is 16.9 Å². The average Bonchev–Trinajstić information content (AvgIpc) is 2.14. The third kappa shape index (κ3) is 1.80. The largest absolute Gasteiger partial charge is 0.376 e. The molecule has 1 aromatic rings. The van der Waals surface area contributed by atoms with Crippen molar-refractivity contribution in [2.45, 2.75) is 26.3 Å². The second-order valence-corrected chi connectivity index (χ2v) is 5.27. The molecule has 1 aliphatic heterocycles. The molecule has 0 fully saturated rings. The maximum absolute atomic E-state index is 3.60. The highest BCUT2D eigenvalue weighted by Crippen LogP contribution is 2.39. The molecule has 16 heavy (non-hydrogen) atoms. The van der Waals surface area contributed by atoms with Gasteiger partial charge in [-0.2, -0.15) is 0 Å². The van der Waals surface area contributed by atoms with Gasteiger partial charge < -0.3 is 10.2 Å². The lowest BCUT2D eigenvalue weighted by Gasteiger charge is -2.34. The van der Waals surface area contributed by atoms with Crippen molar-refractivity contribution in [3.05, 3.63) is 29.8 Å². The first kappa shape index (κ1) is 11.1. The highest BCUT2D eigenvalue weighted by atomic mass is 15.1. The molecule has 1 aliphatic rings. The second-order valence-electron chi connectivity index (χ2n) is 5.27. The minimum Gasteiger partial charge on any atom is -0.376 e. The van der Waals surface area contributed by atoms with Gasteiger partial charge in [0.1, 0.15) is 0 Å². The number of rotatable bonds is 1. The first-order valence-electron chi connectivity index (χ1n) is 5.69. The maximum atomic E-state index is 3.60. The van der Waals surface area contributed by atoms with Crippen LogP contribution in [0.2, 0.25) is 0 Å². The van der Waals surface area contributed by atoms with Crippen molar-refractivity contribution in [1.29, 1.82) is 0 Å². The SMILES string of the molecule is CC1=CC(C)(C)Nc2c1cccc2N(C)C. The van der Waals surface area contributed by atoms with Crippen LogP contribution in [-0.4, -0.2) is 19.6 Å². The van der Waals surface area contributed by atoms with Crippen LogP contribution in [-0.2, 0) is 0 Å². The van der Waals surface area contributed by atoms with Crippen LogP contribution in [0.15, 0.2) is 24.3 Å². The van der Waals surface area contributed by atoms with Gasteiger partial charge in [0, 0.05) is 19.7 Å². The lowest BCUT2D eigenvalue weighted by molar-refractivity contribution is 0.707. The Bertz CT molecular complexity index is 442. The first-order chi connectivity index (χ1) is 7.41. The number of fused-ring (bicyclic) bond motifs is 1. The molecule has 2 nitrogen and oxygen atoms in total. The van der Waals surface area contributed by atoms with Crippen LogP contribution in [0.25, 0.3) is 5.57 Å². The molecule has 86 valence electrons. The van der Waals surface area contributed by atoms with Crippen molar-refractivity contribution in [3.63, 3.8) is 0 Å². The van der Waals surface area contributed by atoms with E-state index in [9.17, 15) is 0 Å². The molecule has 0 saturated heterocycles. The fourth-order valence-corrected chi connectivity index (χ4v) is 2.35. The number of allylic oxidation sites excluding steroid dienone is 1. The van der Waals surface area contributed by atoms with E-state index in [0.29, 0.717) is 0 Å². The summed E-state index contributed by atoms with van der Waals surface area (Å²) in [5, 5.41) is 3.60. The third-order valence-corrected chi connectivity index (χ3v) is 2.97. The van der Waals surface area contributed by atoms with Gasteiger partial charge >= 0.3 is 0 Å². The van der Waals surface area contributed by atoms with Gasteiger partial charge in [-0.25, -0.2) is 0 Å². The molecular formula is C14H20N2. The summed E-state index contributed by atoms with van der Waals surface area (Å²) in [5.41, 5.74) is 5.19. The lowest BCUT2D eigenvalue weighted by atomic mass is 9.90. The lowest BCUT2D eigenvalue weighted by Crippen LogP contribution is -2.32. The van der Waals surface area contributed by atoms with Crippen LogP contribution < -0.4 is 10.2 Å². The highest BCUT2D eigenvalue weighted by Gasteiger charge is 2.24. The van der Waals surface area contributed by atoms with Gasteiger partial charge in [-0.1, -0.05) is 18.2 Å². The van der Waals surface area contributed by atoms with Crippen LogP contribution in [0.1, 0.15) is 26.3 Å². The monoisotopic (exact) mass is 216 g/mol. The molecule has 2 heteroatoms. The summed E-state index contributed by atoms with van der Waals surface area (Å²) in [5.74, 6) is 0. The van der Waals surface area contributed by atoms with Gasteiger partial charge in [-0.3, -0.25) is 0 Å². The summed E-state index contributed by atoms with van der Waals surface area (Å²) in [6, 6.07) is 6.45. The molecule has 0 amide bonds. The zero-order chi connectivity index (χ0) is 11.9. The topological polar surface area (TPSA) is 15.3 Å². The molecule has 0 saturated carbocycles. The fourth-order valence-electron chi connectivity index (χ4n) is 2.35. The van der Waals surface area contributed by atoms with Crippen molar-refractivity contribution in [2.75, 3.05) is 24.3 Å². The van der Waals surface area contributed by atoms with E-state index in [1.807, 2.05) is 0 Å². The Morgan fingerprint density at radius 3 is 2.50 bits per heavy atom. The molecule has 1 heterocycles. The molecule has 0 unspecified atom stereocenters. The van der Waals surface area contributed by atoms with Crippen molar-refractivity contribution in [3.8, 4) is 0 Å². The van der Waals surface area contributed by atoms with Crippen molar-refractivity contribution in [1.82, 2.24) is 0 Å². The summed E-state index contributed by atoms with van der Waals surface area (Å²) in [6.07, 6.45) is 2.29. The van der Waals surface area contributed by atoms with E-state index in [0.717, 1.165) is 0 Å². The minimum atomic E-state index is 0.0309. The molecule has 0 atom stereocenters. The smallest absolute Gasteiger partial charge is 0.0660 e. The predicted octanol–water partition coefficient (Wildman–Crippen LogP) is 3.36. The van der Waals surface area contributed by atoms with E-state index in [4.69, 9.17) is 0 Å². The third-order valence-electron chi connectivity index (χ3n) is 2.97. The Morgan fingerprint density at radius 1 is 1.19 bits per heavy atom. The van der Waals surface area contributed by atoms with E-state index in [2.05, 4.69) is 69.4 Å². The summed E-state index contributed by atoms with van der Waals surface area (Å²) in [4.78, 5) is 2.15. The number of anilines is 2. The normalized spacial score (nSPS) is 17.2. The number of benzene rings is 1. The molecule has 1 aromatic carbocycles. The van der Waals surface area contributed by atoms with Crippen LogP contribution in [0, 0.1) is 0 Å². The fraction of sp³-hybridized carbons (Fsp3) is 0.429. The van der Waals surface area contributed by atoms with Crippen molar-refractivity contribution in [2.24, 2.45) is 0 Å². The molecule has 0 radical (unpaired) electrons. The predicted molar refractivity (Wildman–Crippen MR) is 72.1 cm³/mol. The van der Waals surface area contributed by atoms with Crippen LogP contribution in [0.4, 0.5) is 11.4 Å². The summed E-state index contributed by atoms with van der Waals surface area (Å²) < 4.78 is 0. The Balaban J connectivity index is 2.61. The van der Waals surface area contributed by atoms with Gasteiger partial charge in [0.2, 0.25) is 0 Å². The summed E-state index contributed by atoms with van der Waals surface area (Å²) >= 11 is 0. The van der Waals surface area contributed by atoms with Gasteiger partial charge in [0.05, 0.1) is 16.9 Å². The summed E-state index contributed by atoms with van der Waals surface area (Å²) in [7, 11) is 4.16. The van der Waals surface area contributed by atoms with E-state index in [1.165, 1.54) is 22.5 Å². The van der Waals surface area contributed by atoms with Crippen LogP contribution >= 0.6 is 0 Å². The quantitative estimate of drug-likeness (QED) is 0.774. The molecule has 0 spiro atoms. The molecule has 0 bridgehead atoms. The Morgan fingerprint density at radius 2 is 1.88 bits per heavy atom. The Labute approximate surface area is 98.0 Å². The van der Waals surface area contributed by atoms with E-state index >= 15 is 0 Å². The van der Waals surface area contributed by atoms with Gasteiger partial charge in [0.25, 0.3) is 0 Å². The van der Waals surface area contributed by atoms with E-state index < -0.39 is 0 Å². The number of hydrogen-bond acceptors (Lipinski definition) is 2. The van der Waals surface area contributed by atoms with Gasteiger partial charge in [0.15, 0.2) is 0 Å². The highest BCUT2D eigenvalue weighted by molar-refractivity contribution is 5.88. The Hall–Kier alpha value is -1.44. The average molecular weight is 216 g/mol. The van der Waals surface area contributed by atoms with E-state index in [1.54, 1.807) is 0 Å².